The smallest absolute Gasteiger partial charge is 0.317 e. The molecule has 10 heteroatoms. The van der Waals surface area contributed by atoms with Crippen LogP contribution in [0.1, 0.15) is 17.4 Å². The highest BCUT2D eigenvalue weighted by Gasteiger charge is 2.35. The van der Waals surface area contributed by atoms with E-state index in [0.29, 0.717) is 48.7 Å². The van der Waals surface area contributed by atoms with Gasteiger partial charge in [0, 0.05) is 32.0 Å². The normalized spacial score (nSPS) is 13.7. The number of carbonyl (C=O) groups excluding carboxylic acids is 1. The molecule has 3 heterocycles. The molecule has 0 unspecified atom stereocenters. The molecule has 4 rings (SSSR count). The van der Waals surface area contributed by atoms with E-state index in [1.54, 1.807) is 37.6 Å². The second kappa shape index (κ2) is 8.13. The maximum absolute atomic E-state index is 12.4. The third kappa shape index (κ3) is 3.96. The van der Waals surface area contributed by atoms with Gasteiger partial charge in [-0.1, -0.05) is 11.2 Å². The number of rotatable bonds is 6. The van der Waals surface area contributed by atoms with Crippen LogP contribution in [0.25, 0.3) is 11.6 Å². The molecule has 0 aliphatic carbocycles. The standard InChI is InChI=1S/C19H20N6O4/c1-27-14-5-4-12(8-15(14)28-2)9-22-19(26)25-10-13(11-25)18-23-17(24-29-18)16-20-6-3-7-21-16/h3-8,13H,9-11H2,1-2H3,(H,22,26). The number of aromatic nitrogens is 4. The molecule has 0 bridgehead atoms. The third-order valence-electron chi connectivity index (χ3n) is 4.62. The van der Waals surface area contributed by atoms with E-state index in [0.717, 1.165) is 5.56 Å². The Morgan fingerprint density at radius 3 is 2.66 bits per heavy atom. The predicted molar refractivity (Wildman–Crippen MR) is 101 cm³/mol. The molecule has 0 spiro atoms. The molecule has 29 heavy (non-hydrogen) atoms. The molecule has 2 amide bonds. The number of methoxy groups -OCH3 is 2. The number of nitrogens with zero attached hydrogens (tertiary/aromatic N) is 5. The minimum Gasteiger partial charge on any atom is -0.493 e. The fourth-order valence-corrected chi connectivity index (χ4v) is 2.99. The topological polar surface area (TPSA) is 116 Å². The zero-order valence-corrected chi connectivity index (χ0v) is 16.0. The lowest BCUT2D eigenvalue weighted by atomic mass is 10.0. The van der Waals surface area contributed by atoms with Gasteiger partial charge >= 0.3 is 6.03 Å². The van der Waals surface area contributed by atoms with Crippen LogP contribution in [0.3, 0.4) is 0 Å². The van der Waals surface area contributed by atoms with Crippen LogP contribution < -0.4 is 14.8 Å². The van der Waals surface area contributed by atoms with Gasteiger partial charge in [0.1, 0.15) is 0 Å². The second-order valence-electron chi connectivity index (χ2n) is 6.48. The van der Waals surface area contributed by atoms with E-state index < -0.39 is 0 Å². The van der Waals surface area contributed by atoms with Gasteiger partial charge in [-0.05, 0) is 23.8 Å². The minimum absolute atomic E-state index is 0.00629. The number of likely N-dealkylation sites (tertiary alicyclic amines) is 1. The van der Waals surface area contributed by atoms with E-state index in [1.807, 2.05) is 18.2 Å². The largest absolute Gasteiger partial charge is 0.493 e. The Hall–Kier alpha value is -3.69. The number of carbonyl (C=O) groups is 1. The molecule has 1 aromatic carbocycles. The molecule has 1 aliphatic heterocycles. The summed E-state index contributed by atoms with van der Waals surface area (Å²) in [5.74, 6) is 2.51. The van der Waals surface area contributed by atoms with Crippen LogP contribution in [0.4, 0.5) is 4.79 Å². The number of urea groups is 1. The average Bonchev–Trinajstić information content (AvgIpc) is 3.21. The lowest BCUT2D eigenvalue weighted by Gasteiger charge is -2.36. The van der Waals surface area contributed by atoms with Gasteiger partial charge in [-0.2, -0.15) is 4.98 Å². The third-order valence-corrected chi connectivity index (χ3v) is 4.62. The number of nitrogens with one attached hydrogen (secondary N) is 1. The van der Waals surface area contributed by atoms with Crippen molar-refractivity contribution in [1.29, 1.82) is 0 Å². The molecule has 10 nitrogen and oxygen atoms in total. The fraction of sp³-hybridized carbons (Fsp3) is 0.316. The number of hydrogen-bond acceptors (Lipinski definition) is 8. The molecular weight excluding hydrogens is 376 g/mol. The summed E-state index contributed by atoms with van der Waals surface area (Å²) in [6.07, 6.45) is 3.23. The monoisotopic (exact) mass is 396 g/mol. The lowest BCUT2D eigenvalue weighted by Crippen LogP contribution is -2.52. The predicted octanol–water partition coefficient (Wildman–Crippen LogP) is 1.85. The number of ether oxygens (including phenoxy) is 2. The maximum atomic E-state index is 12.4. The zero-order valence-electron chi connectivity index (χ0n) is 16.0. The first-order valence-electron chi connectivity index (χ1n) is 9.02. The van der Waals surface area contributed by atoms with Crippen LogP contribution in [0.5, 0.6) is 11.5 Å². The average molecular weight is 396 g/mol. The van der Waals surface area contributed by atoms with E-state index in [1.165, 1.54) is 0 Å². The Balaban J connectivity index is 1.29. The van der Waals surface area contributed by atoms with Crippen LogP contribution in [-0.2, 0) is 6.54 Å². The summed E-state index contributed by atoms with van der Waals surface area (Å²) in [4.78, 5) is 26.6. The molecule has 1 aliphatic rings. The molecule has 1 N–H and O–H groups in total. The number of benzene rings is 1. The van der Waals surface area contributed by atoms with E-state index in [2.05, 4.69) is 25.4 Å². The quantitative estimate of drug-likeness (QED) is 0.671. The van der Waals surface area contributed by atoms with Crippen molar-refractivity contribution in [2.45, 2.75) is 12.5 Å². The fourth-order valence-electron chi connectivity index (χ4n) is 2.99. The molecule has 0 radical (unpaired) electrons. The summed E-state index contributed by atoms with van der Waals surface area (Å²) in [6.45, 7) is 1.40. The Morgan fingerprint density at radius 2 is 1.93 bits per heavy atom. The molecule has 1 fully saturated rings. The van der Waals surface area contributed by atoms with Gasteiger partial charge in [-0.15, -0.1) is 0 Å². The Kier molecular flexibility index (Phi) is 5.23. The van der Waals surface area contributed by atoms with Crippen LogP contribution >= 0.6 is 0 Å². The van der Waals surface area contributed by atoms with E-state index in [9.17, 15) is 4.79 Å². The summed E-state index contributed by atoms with van der Waals surface area (Å²) >= 11 is 0. The van der Waals surface area contributed by atoms with Gasteiger partial charge in [0.05, 0.1) is 20.1 Å². The summed E-state index contributed by atoms with van der Waals surface area (Å²) in [7, 11) is 3.16. The van der Waals surface area contributed by atoms with Crippen molar-refractivity contribution >= 4 is 6.03 Å². The molecule has 0 saturated carbocycles. The highest BCUT2D eigenvalue weighted by molar-refractivity contribution is 5.75. The highest BCUT2D eigenvalue weighted by Crippen LogP contribution is 2.28. The van der Waals surface area contributed by atoms with Crippen molar-refractivity contribution < 1.29 is 18.8 Å². The van der Waals surface area contributed by atoms with E-state index >= 15 is 0 Å². The Labute approximate surface area is 166 Å². The molecule has 1 saturated heterocycles. The van der Waals surface area contributed by atoms with Crippen LogP contribution in [0.2, 0.25) is 0 Å². The van der Waals surface area contributed by atoms with Crippen LogP contribution in [0, 0.1) is 0 Å². The molecule has 3 aromatic rings. The zero-order chi connectivity index (χ0) is 20.2. The van der Waals surface area contributed by atoms with Crippen LogP contribution in [-0.4, -0.2) is 58.3 Å². The van der Waals surface area contributed by atoms with Crippen molar-refractivity contribution in [3.05, 3.63) is 48.1 Å². The van der Waals surface area contributed by atoms with Crippen molar-refractivity contribution in [1.82, 2.24) is 30.3 Å². The number of hydrogen-bond donors (Lipinski definition) is 1. The van der Waals surface area contributed by atoms with Crippen molar-refractivity contribution in [3.8, 4) is 23.1 Å². The Bertz CT molecular complexity index is 987. The molecule has 150 valence electrons. The van der Waals surface area contributed by atoms with E-state index in [4.69, 9.17) is 14.0 Å². The molecule has 2 aromatic heterocycles. The summed E-state index contributed by atoms with van der Waals surface area (Å²) in [6, 6.07) is 7.09. The SMILES string of the molecule is COc1ccc(CNC(=O)N2CC(c3nc(-c4ncccn4)no3)C2)cc1OC. The van der Waals surface area contributed by atoms with E-state index in [-0.39, 0.29) is 11.9 Å². The van der Waals surface area contributed by atoms with Crippen LogP contribution in [0.15, 0.2) is 41.2 Å². The summed E-state index contributed by atoms with van der Waals surface area (Å²) in [5.41, 5.74) is 0.914. The first kappa shape index (κ1) is 18.7. The maximum Gasteiger partial charge on any atom is 0.317 e. The second-order valence-corrected chi connectivity index (χ2v) is 6.48. The van der Waals surface area contributed by atoms with Gasteiger partial charge in [-0.3, -0.25) is 0 Å². The summed E-state index contributed by atoms with van der Waals surface area (Å²) in [5, 5.41) is 6.81. The highest BCUT2D eigenvalue weighted by atomic mass is 16.5. The van der Waals surface area contributed by atoms with Gasteiger partial charge < -0.3 is 24.2 Å². The minimum atomic E-state index is -0.151. The van der Waals surface area contributed by atoms with Gasteiger partial charge in [0.2, 0.25) is 17.5 Å². The lowest BCUT2D eigenvalue weighted by molar-refractivity contribution is 0.136. The van der Waals surface area contributed by atoms with Gasteiger partial charge in [0.15, 0.2) is 11.5 Å². The first-order valence-corrected chi connectivity index (χ1v) is 9.02. The first-order chi connectivity index (χ1) is 14.2. The number of amides is 2. The van der Waals surface area contributed by atoms with Crippen molar-refractivity contribution in [2.75, 3.05) is 27.3 Å². The van der Waals surface area contributed by atoms with Crippen molar-refractivity contribution in [3.63, 3.8) is 0 Å². The molecule has 0 atom stereocenters. The van der Waals surface area contributed by atoms with Crippen molar-refractivity contribution in [2.24, 2.45) is 0 Å². The summed E-state index contributed by atoms with van der Waals surface area (Å²) < 4.78 is 15.8. The Morgan fingerprint density at radius 1 is 1.17 bits per heavy atom. The van der Waals surface area contributed by atoms with Gasteiger partial charge in [-0.25, -0.2) is 14.8 Å². The van der Waals surface area contributed by atoms with Gasteiger partial charge in [0.25, 0.3) is 0 Å². The molecular formula is C19H20N6O4.